The molecule has 3 heterocycles. The molecular weight excluding hydrogens is 519 g/mol. The second kappa shape index (κ2) is 9.50. The zero-order valence-corrected chi connectivity index (χ0v) is 20.5. The highest BCUT2D eigenvalue weighted by molar-refractivity contribution is 6.09. The lowest BCUT2D eigenvalue weighted by atomic mass is 9.98. The Morgan fingerprint density at radius 3 is 2.36 bits per heavy atom. The largest absolute Gasteiger partial charge is 0.417 e. The summed E-state index contributed by atoms with van der Waals surface area (Å²) in [6.07, 6.45) is 0.680. The number of fused-ring (bicyclic) bond motifs is 2. The number of anilines is 1. The third-order valence-corrected chi connectivity index (χ3v) is 6.26. The zero-order chi connectivity index (χ0) is 28.1. The Balaban J connectivity index is 1.61. The molecule has 6 nitrogen and oxygen atoms in total. The second-order valence-electron chi connectivity index (χ2n) is 8.77. The molecule has 11 heteroatoms. The number of nitrogens with zero attached hydrogens (tertiary/aromatic N) is 3. The Morgan fingerprint density at radius 2 is 1.69 bits per heavy atom. The van der Waals surface area contributed by atoms with Crippen molar-refractivity contribution in [2.24, 2.45) is 7.05 Å². The number of hydrogen-bond acceptors (Lipinski definition) is 3. The molecule has 0 bridgehead atoms. The van der Waals surface area contributed by atoms with Crippen LogP contribution in [0.15, 0.2) is 73.2 Å². The summed E-state index contributed by atoms with van der Waals surface area (Å²) >= 11 is 0. The predicted molar refractivity (Wildman–Crippen MR) is 135 cm³/mol. The number of hydrogen-bond donors (Lipinski definition) is 1. The number of amides is 1. The molecule has 0 atom stereocenters. The Morgan fingerprint density at radius 1 is 0.974 bits per heavy atom. The number of rotatable bonds is 5. The first-order valence-electron chi connectivity index (χ1n) is 11.6. The fourth-order valence-corrected chi connectivity index (χ4v) is 4.47. The molecule has 3 aromatic heterocycles. The number of aryl methyl sites for hydroxylation is 1. The lowest BCUT2D eigenvalue weighted by Gasteiger charge is -2.15. The Labute approximate surface area is 218 Å². The van der Waals surface area contributed by atoms with E-state index in [4.69, 9.17) is 0 Å². The summed E-state index contributed by atoms with van der Waals surface area (Å²) in [4.78, 5) is 29.1. The van der Waals surface area contributed by atoms with Gasteiger partial charge < -0.3 is 14.3 Å². The fraction of sp³-hybridized carbons (Fsp3) is 0.107. The number of halogens is 5. The first kappa shape index (κ1) is 25.8. The van der Waals surface area contributed by atoms with E-state index in [-0.39, 0.29) is 27.9 Å². The van der Waals surface area contributed by atoms with Crippen molar-refractivity contribution in [1.29, 1.82) is 0 Å². The molecule has 39 heavy (non-hydrogen) atoms. The Hall–Kier alpha value is -4.80. The minimum atomic E-state index is -4.68. The summed E-state index contributed by atoms with van der Waals surface area (Å²) in [6.45, 7) is 1.56. The molecule has 5 aromatic rings. The van der Waals surface area contributed by atoms with Crippen LogP contribution in [-0.2, 0) is 18.0 Å². The molecule has 0 aliphatic heterocycles. The second-order valence-corrected chi connectivity index (χ2v) is 8.77. The van der Waals surface area contributed by atoms with Gasteiger partial charge in [0.2, 0.25) is 11.7 Å². The minimum absolute atomic E-state index is 0.0242. The van der Waals surface area contributed by atoms with Crippen LogP contribution in [-0.4, -0.2) is 25.6 Å². The summed E-state index contributed by atoms with van der Waals surface area (Å²) in [5.74, 6) is -3.83. The zero-order valence-electron chi connectivity index (χ0n) is 20.5. The number of benzene rings is 2. The van der Waals surface area contributed by atoms with Crippen molar-refractivity contribution in [3.05, 3.63) is 102 Å². The molecule has 0 aliphatic rings. The summed E-state index contributed by atoms with van der Waals surface area (Å²) < 4.78 is 74.4. The number of ketones is 1. The van der Waals surface area contributed by atoms with Gasteiger partial charge in [-0.3, -0.25) is 9.59 Å². The maximum Gasteiger partial charge on any atom is 0.417 e. The van der Waals surface area contributed by atoms with Gasteiger partial charge in [-0.2, -0.15) is 13.2 Å². The number of carbonyl (C=O) groups is 2. The number of allylic oxidation sites excluding steroid dienone is 1. The van der Waals surface area contributed by atoms with Crippen molar-refractivity contribution in [2.75, 3.05) is 5.32 Å². The molecule has 0 fully saturated rings. The summed E-state index contributed by atoms with van der Waals surface area (Å²) in [7, 11) is 1.59. The lowest BCUT2D eigenvalue weighted by Crippen LogP contribution is -2.13. The van der Waals surface area contributed by atoms with E-state index in [1.807, 2.05) is 0 Å². The molecule has 0 radical (unpaired) electrons. The van der Waals surface area contributed by atoms with E-state index in [0.29, 0.717) is 11.0 Å². The fourth-order valence-electron chi connectivity index (χ4n) is 4.47. The van der Waals surface area contributed by atoms with E-state index in [1.165, 1.54) is 57.9 Å². The lowest BCUT2D eigenvalue weighted by molar-refractivity contribution is -0.137. The average molecular weight is 538 g/mol. The number of aromatic nitrogens is 3. The van der Waals surface area contributed by atoms with Gasteiger partial charge in [0.15, 0.2) is 0 Å². The van der Waals surface area contributed by atoms with E-state index in [1.54, 1.807) is 14.0 Å². The maximum atomic E-state index is 14.6. The number of nitrogens with one attached hydrogen (secondary N) is 1. The van der Waals surface area contributed by atoms with Gasteiger partial charge in [0.25, 0.3) is 0 Å². The smallest absolute Gasteiger partial charge is 0.334 e. The van der Waals surface area contributed by atoms with Crippen LogP contribution >= 0.6 is 0 Å². The highest BCUT2D eigenvalue weighted by Gasteiger charge is 2.35. The monoisotopic (exact) mass is 538 g/mol. The van der Waals surface area contributed by atoms with E-state index >= 15 is 0 Å². The standard InChI is InChI=1S/C28H19F5N4O2/c1-3-5-25(38)35-26-19(29)10-15(11-20(26)30)27(39)23-8-7-22-16(6-4-9-37(22)23)17-12-21-24(36(2)14-34-21)13-18(17)28(31,32)33/h3-14H,1-2H3,(H,35,38). The van der Waals surface area contributed by atoms with Crippen LogP contribution in [0.3, 0.4) is 0 Å². The number of pyridine rings is 1. The minimum Gasteiger partial charge on any atom is -0.334 e. The van der Waals surface area contributed by atoms with Crippen molar-refractivity contribution in [1.82, 2.24) is 14.0 Å². The molecule has 1 N–H and O–H groups in total. The highest BCUT2D eigenvalue weighted by atomic mass is 19.4. The number of carbonyl (C=O) groups excluding carboxylic acids is 2. The third-order valence-electron chi connectivity index (χ3n) is 6.26. The van der Waals surface area contributed by atoms with E-state index < -0.39 is 40.8 Å². The average Bonchev–Trinajstić information content (AvgIpc) is 3.48. The van der Waals surface area contributed by atoms with E-state index in [9.17, 15) is 31.5 Å². The molecule has 0 saturated carbocycles. The van der Waals surface area contributed by atoms with Gasteiger partial charge in [-0.1, -0.05) is 12.1 Å². The summed E-state index contributed by atoms with van der Waals surface area (Å²) in [5.41, 5.74) is -0.948. The van der Waals surface area contributed by atoms with Gasteiger partial charge in [-0.05, 0) is 61.0 Å². The van der Waals surface area contributed by atoms with Crippen molar-refractivity contribution >= 4 is 33.9 Å². The predicted octanol–water partition coefficient (Wildman–Crippen LogP) is 6.54. The Bertz CT molecular complexity index is 1790. The van der Waals surface area contributed by atoms with Gasteiger partial charge in [0, 0.05) is 24.4 Å². The first-order chi connectivity index (χ1) is 18.5. The van der Waals surface area contributed by atoms with Gasteiger partial charge in [0.1, 0.15) is 17.3 Å². The highest BCUT2D eigenvalue weighted by Crippen LogP contribution is 2.41. The van der Waals surface area contributed by atoms with Gasteiger partial charge in [0.05, 0.1) is 34.1 Å². The van der Waals surface area contributed by atoms with Crippen LogP contribution in [0.5, 0.6) is 0 Å². The van der Waals surface area contributed by atoms with E-state index in [2.05, 4.69) is 10.3 Å². The van der Waals surface area contributed by atoms with Crippen molar-refractivity contribution < 1.29 is 31.5 Å². The summed E-state index contributed by atoms with van der Waals surface area (Å²) in [6, 6.07) is 9.74. The normalized spacial score (nSPS) is 12.1. The maximum absolute atomic E-state index is 14.6. The van der Waals surface area contributed by atoms with Crippen LogP contribution in [0.4, 0.5) is 27.6 Å². The third kappa shape index (κ3) is 4.56. The van der Waals surface area contributed by atoms with Gasteiger partial charge in [-0.25, -0.2) is 13.8 Å². The van der Waals surface area contributed by atoms with Crippen molar-refractivity contribution in [2.45, 2.75) is 13.1 Å². The van der Waals surface area contributed by atoms with Crippen LogP contribution in [0.1, 0.15) is 28.5 Å². The van der Waals surface area contributed by atoms with Crippen LogP contribution < -0.4 is 5.32 Å². The van der Waals surface area contributed by atoms with Gasteiger partial charge >= 0.3 is 6.18 Å². The molecule has 2 aromatic carbocycles. The number of imidazole rings is 1. The molecule has 1 amide bonds. The topological polar surface area (TPSA) is 68.4 Å². The molecular formula is C28H19F5N4O2. The quantitative estimate of drug-likeness (QED) is 0.157. The Kier molecular flexibility index (Phi) is 6.29. The van der Waals surface area contributed by atoms with Crippen LogP contribution in [0, 0.1) is 11.6 Å². The van der Waals surface area contributed by atoms with Crippen LogP contribution in [0.2, 0.25) is 0 Å². The first-order valence-corrected chi connectivity index (χ1v) is 11.6. The molecule has 0 unspecified atom stereocenters. The molecule has 0 saturated heterocycles. The van der Waals surface area contributed by atoms with E-state index in [0.717, 1.165) is 24.3 Å². The summed E-state index contributed by atoms with van der Waals surface area (Å²) in [5, 5.41) is 2.08. The SMILES string of the molecule is CC=CC(=O)Nc1c(F)cc(C(=O)c2ccc3c(-c4cc5ncn(C)c5cc4C(F)(F)F)cccn23)cc1F. The van der Waals surface area contributed by atoms with Crippen LogP contribution in [0.25, 0.3) is 27.7 Å². The molecule has 5 rings (SSSR count). The van der Waals surface area contributed by atoms with Crippen molar-refractivity contribution in [3.8, 4) is 11.1 Å². The van der Waals surface area contributed by atoms with Crippen molar-refractivity contribution in [3.63, 3.8) is 0 Å². The van der Waals surface area contributed by atoms with Gasteiger partial charge in [-0.15, -0.1) is 0 Å². The molecule has 0 spiro atoms. The molecule has 0 aliphatic carbocycles. The molecule has 198 valence electrons. The number of alkyl halides is 3.